The molecule has 0 aliphatic rings. The Bertz CT molecular complexity index is 602. The minimum absolute atomic E-state index is 0.0434. The summed E-state index contributed by atoms with van der Waals surface area (Å²) in [5.74, 6) is -1.09. The molecule has 0 radical (unpaired) electrons. The molecule has 18 heavy (non-hydrogen) atoms. The SMILES string of the molecule is O=C(O)c1cc(Nc2cc(Cl)ccc2Cl)ccn1. The van der Waals surface area contributed by atoms with E-state index in [1.807, 2.05) is 0 Å². The monoisotopic (exact) mass is 282 g/mol. The summed E-state index contributed by atoms with van der Waals surface area (Å²) in [4.78, 5) is 14.5. The summed E-state index contributed by atoms with van der Waals surface area (Å²) < 4.78 is 0. The molecular weight excluding hydrogens is 275 g/mol. The summed E-state index contributed by atoms with van der Waals surface area (Å²) in [6.45, 7) is 0. The van der Waals surface area contributed by atoms with E-state index in [2.05, 4.69) is 10.3 Å². The maximum atomic E-state index is 10.8. The lowest BCUT2D eigenvalue weighted by Gasteiger charge is -2.09. The van der Waals surface area contributed by atoms with Crippen molar-refractivity contribution in [3.05, 3.63) is 52.3 Å². The standard InChI is InChI=1S/C12H8Cl2N2O2/c13-7-1-2-9(14)10(5-7)16-8-3-4-15-11(6-8)12(17)18/h1-6H,(H,15,16)(H,17,18). The van der Waals surface area contributed by atoms with Crippen molar-refractivity contribution < 1.29 is 9.90 Å². The van der Waals surface area contributed by atoms with Crippen molar-refractivity contribution in [1.29, 1.82) is 0 Å². The van der Waals surface area contributed by atoms with Crippen molar-refractivity contribution in [2.24, 2.45) is 0 Å². The number of hydrogen-bond donors (Lipinski definition) is 2. The number of nitrogens with one attached hydrogen (secondary N) is 1. The van der Waals surface area contributed by atoms with Crippen LogP contribution in [0.25, 0.3) is 0 Å². The Balaban J connectivity index is 2.31. The highest BCUT2D eigenvalue weighted by atomic mass is 35.5. The number of carboxylic acids is 1. The molecule has 2 rings (SSSR count). The van der Waals surface area contributed by atoms with Gasteiger partial charge in [-0.1, -0.05) is 23.2 Å². The highest BCUT2D eigenvalue weighted by Gasteiger charge is 2.06. The molecule has 0 fully saturated rings. The lowest BCUT2D eigenvalue weighted by atomic mass is 10.2. The molecule has 2 aromatic rings. The Kier molecular flexibility index (Phi) is 3.69. The number of aromatic carboxylic acids is 1. The molecule has 0 bridgehead atoms. The average Bonchev–Trinajstić information content (AvgIpc) is 2.34. The molecule has 0 spiro atoms. The van der Waals surface area contributed by atoms with Crippen LogP contribution in [0.1, 0.15) is 10.5 Å². The van der Waals surface area contributed by atoms with Gasteiger partial charge >= 0.3 is 5.97 Å². The summed E-state index contributed by atoms with van der Waals surface area (Å²) in [7, 11) is 0. The molecule has 2 N–H and O–H groups in total. The predicted molar refractivity (Wildman–Crippen MR) is 70.9 cm³/mol. The van der Waals surface area contributed by atoms with Crippen LogP contribution >= 0.6 is 23.2 Å². The van der Waals surface area contributed by atoms with E-state index in [1.54, 1.807) is 24.3 Å². The van der Waals surface area contributed by atoms with Gasteiger partial charge in [-0.05, 0) is 30.3 Å². The van der Waals surface area contributed by atoms with Gasteiger partial charge in [-0.15, -0.1) is 0 Å². The summed E-state index contributed by atoms with van der Waals surface area (Å²) in [5.41, 5.74) is 1.14. The zero-order valence-electron chi connectivity index (χ0n) is 9.02. The summed E-state index contributed by atoms with van der Waals surface area (Å²) in [6.07, 6.45) is 1.41. The molecule has 0 aliphatic carbocycles. The molecule has 0 saturated heterocycles. The lowest BCUT2D eigenvalue weighted by molar-refractivity contribution is 0.0690. The number of carbonyl (C=O) groups is 1. The van der Waals surface area contributed by atoms with Gasteiger partial charge in [0.05, 0.1) is 10.7 Å². The Labute approximate surface area is 113 Å². The maximum absolute atomic E-state index is 10.8. The van der Waals surface area contributed by atoms with Crippen molar-refractivity contribution in [3.8, 4) is 0 Å². The number of aromatic nitrogens is 1. The van der Waals surface area contributed by atoms with Crippen molar-refractivity contribution in [2.75, 3.05) is 5.32 Å². The number of nitrogens with zero attached hydrogens (tertiary/aromatic N) is 1. The third-order valence-electron chi connectivity index (χ3n) is 2.19. The topological polar surface area (TPSA) is 62.2 Å². The van der Waals surface area contributed by atoms with Gasteiger partial charge in [-0.2, -0.15) is 0 Å². The maximum Gasteiger partial charge on any atom is 0.354 e. The van der Waals surface area contributed by atoms with Crippen LogP contribution in [-0.2, 0) is 0 Å². The van der Waals surface area contributed by atoms with Crippen LogP contribution in [0.2, 0.25) is 10.0 Å². The fourth-order valence-electron chi connectivity index (χ4n) is 1.37. The molecule has 0 atom stereocenters. The Morgan fingerprint density at radius 3 is 2.72 bits per heavy atom. The number of pyridine rings is 1. The first-order chi connectivity index (χ1) is 8.56. The highest BCUT2D eigenvalue weighted by Crippen LogP contribution is 2.28. The fourth-order valence-corrected chi connectivity index (χ4v) is 1.71. The van der Waals surface area contributed by atoms with Crippen molar-refractivity contribution in [3.63, 3.8) is 0 Å². The largest absolute Gasteiger partial charge is 0.477 e. The van der Waals surface area contributed by atoms with Crippen LogP contribution in [0.4, 0.5) is 11.4 Å². The molecule has 1 heterocycles. The van der Waals surface area contributed by atoms with Gasteiger partial charge < -0.3 is 10.4 Å². The van der Waals surface area contributed by atoms with Crippen LogP contribution in [0.3, 0.4) is 0 Å². The van der Waals surface area contributed by atoms with E-state index in [4.69, 9.17) is 28.3 Å². The molecule has 1 aromatic heterocycles. The third kappa shape index (κ3) is 2.91. The minimum atomic E-state index is -1.09. The summed E-state index contributed by atoms with van der Waals surface area (Å²) in [5, 5.41) is 12.9. The van der Waals surface area contributed by atoms with Crippen LogP contribution in [0, 0.1) is 0 Å². The van der Waals surface area contributed by atoms with E-state index in [0.29, 0.717) is 21.4 Å². The fraction of sp³-hybridized carbons (Fsp3) is 0. The molecule has 0 aliphatic heterocycles. The van der Waals surface area contributed by atoms with E-state index < -0.39 is 5.97 Å². The first kappa shape index (κ1) is 12.7. The molecule has 92 valence electrons. The molecule has 1 aromatic carbocycles. The second kappa shape index (κ2) is 5.25. The summed E-state index contributed by atoms with van der Waals surface area (Å²) in [6, 6.07) is 8.05. The average molecular weight is 283 g/mol. The van der Waals surface area contributed by atoms with Gasteiger partial charge in [0, 0.05) is 16.9 Å². The molecule has 0 saturated carbocycles. The first-order valence-corrected chi connectivity index (χ1v) is 5.73. The zero-order valence-corrected chi connectivity index (χ0v) is 10.5. The van der Waals surface area contributed by atoms with E-state index >= 15 is 0 Å². The Hall–Kier alpha value is -1.78. The van der Waals surface area contributed by atoms with Crippen LogP contribution in [0.5, 0.6) is 0 Å². The van der Waals surface area contributed by atoms with E-state index in [1.165, 1.54) is 12.3 Å². The molecular formula is C12H8Cl2N2O2. The lowest BCUT2D eigenvalue weighted by Crippen LogP contribution is -2.01. The highest BCUT2D eigenvalue weighted by molar-refractivity contribution is 6.35. The van der Waals surface area contributed by atoms with Crippen molar-refractivity contribution in [1.82, 2.24) is 4.98 Å². The van der Waals surface area contributed by atoms with Crippen LogP contribution in [-0.4, -0.2) is 16.1 Å². The number of anilines is 2. The third-order valence-corrected chi connectivity index (χ3v) is 2.75. The second-order valence-corrected chi connectivity index (χ2v) is 4.33. The minimum Gasteiger partial charge on any atom is -0.477 e. The molecule has 6 heteroatoms. The normalized spacial score (nSPS) is 10.1. The Morgan fingerprint density at radius 1 is 1.22 bits per heavy atom. The van der Waals surface area contributed by atoms with E-state index in [0.717, 1.165) is 0 Å². The van der Waals surface area contributed by atoms with Crippen molar-refractivity contribution >= 4 is 40.5 Å². The van der Waals surface area contributed by atoms with Gasteiger partial charge in [-0.25, -0.2) is 9.78 Å². The van der Waals surface area contributed by atoms with Crippen LogP contribution < -0.4 is 5.32 Å². The number of rotatable bonds is 3. The molecule has 0 unspecified atom stereocenters. The van der Waals surface area contributed by atoms with Gasteiger partial charge in [-0.3, -0.25) is 0 Å². The van der Waals surface area contributed by atoms with E-state index in [9.17, 15) is 4.79 Å². The smallest absolute Gasteiger partial charge is 0.354 e. The van der Waals surface area contributed by atoms with Gasteiger partial charge in [0.15, 0.2) is 0 Å². The van der Waals surface area contributed by atoms with Gasteiger partial charge in [0.1, 0.15) is 5.69 Å². The predicted octanol–water partition coefficient (Wildman–Crippen LogP) is 3.83. The quantitative estimate of drug-likeness (QED) is 0.898. The molecule has 4 nitrogen and oxygen atoms in total. The number of benzene rings is 1. The number of hydrogen-bond acceptors (Lipinski definition) is 3. The van der Waals surface area contributed by atoms with Gasteiger partial charge in [0.2, 0.25) is 0 Å². The molecule has 0 amide bonds. The number of halogens is 2. The Morgan fingerprint density at radius 2 is 2.00 bits per heavy atom. The van der Waals surface area contributed by atoms with Gasteiger partial charge in [0.25, 0.3) is 0 Å². The van der Waals surface area contributed by atoms with E-state index in [-0.39, 0.29) is 5.69 Å². The second-order valence-electron chi connectivity index (χ2n) is 3.48. The summed E-state index contributed by atoms with van der Waals surface area (Å²) >= 11 is 11.9. The van der Waals surface area contributed by atoms with Crippen molar-refractivity contribution in [2.45, 2.75) is 0 Å². The zero-order chi connectivity index (χ0) is 13.1. The first-order valence-electron chi connectivity index (χ1n) is 4.97. The van der Waals surface area contributed by atoms with Crippen LogP contribution in [0.15, 0.2) is 36.5 Å². The number of carboxylic acid groups (broad SMARTS) is 1.